The molecule has 1 N–H and O–H groups in total. The molecule has 2 aromatic rings. The van der Waals surface area contributed by atoms with Crippen LogP contribution in [0.1, 0.15) is 22.6 Å². The van der Waals surface area contributed by atoms with Gasteiger partial charge in [-0.3, -0.25) is 9.59 Å². The molecule has 2 aromatic carbocycles. The summed E-state index contributed by atoms with van der Waals surface area (Å²) in [6, 6.07) is 9.34. The van der Waals surface area contributed by atoms with Gasteiger partial charge in [-0.2, -0.15) is 13.2 Å². The molecule has 1 aliphatic rings. The molecule has 0 heterocycles. The number of hydrogen-bond donors (Lipinski definition) is 1. The molecule has 2 atom stereocenters. The Bertz CT molecular complexity index is 1040. The lowest BCUT2D eigenvalue weighted by Gasteiger charge is -2.11. The van der Waals surface area contributed by atoms with Crippen molar-refractivity contribution in [3.8, 4) is 0 Å². The van der Waals surface area contributed by atoms with E-state index in [1.54, 1.807) is 29.6 Å². The van der Waals surface area contributed by atoms with Crippen LogP contribution in [-0.4, -0.2) is 22.2 Å². The van der Waals surface area contributed by atoms with Crippen molar-refractivity contribution in [1.82, 2.24) is 5.32 Å². The van der Waals surface area contributed by atoms with Crippen molar-refractivity contribution in [2.75, 3.05) is 0 Å². The van der Waals surface area contributed by atoms with Gasteiger partial charge in [0.15, 0.2) is 0 Å². The van der Waals surface area contributed by atoms with Gasteiger partial charge in [-0.05, 0) is 34.9 Å². The molecule has 2 unspecified atom stereocenters. The van der Waals surface area contributed by atoms with E-state index in [2.05, 4.69) is 0 Å². The van der Waals surface area contributed by atoms with Gasteiger partial charge in [0.1, 0.15) is 10.1 Å². The molecule has 1 amide bonds. The molecule has 0 spiro atoms. The standard InChI is InChI=1S/C20H13Cl5F3NO2/c21-12-3-1-9(5-11(12)8-29-18(31)20(26,27)28)6-15(30)17-16(19(17,24)25)10-2-4-13(22)14(23)7-10/h1-5,7,16-17H,6,8H2,(H,29,31). The Morgan fingerprint density at radius 2 is 1.61 bits per heavy atom. The number of hydrogen-bond acceptors (Lipinski definition) is 2. The van der Waals surface area contributed by atoms with Crippen LogP contribution in [0.3, 0.4) is 0 Å². The van der Waals surface area contributed by atoms with Gasteiger partial charge in [0.25, 0.3) is 0 Å². The summed E-state index contributed by atoms with van der Waals surface area (Å²) in [5, 5.41) is 2.57. The highest BCUT2D eigenvalue weighted by Crippen LogP contribution is 2.65. The van der Waals surface area contributed by atoms with Crippen LogP contribution in [-0.2, 0) is 22.6 Å². The molecular weight excluding hydrogens is 520 g/mol. The molecule has 1 aliphatic carbocycles. The number of benzene rings is 2. The topological polar surface area (TPSA) is 46.2 Å². The zero-order valence-electron chi connectivity index (χ0n) is 15.4. The first-order valence-corrected chi connectivity index (χ1v) is 10.7. The van der Waals surface area contributed by atoms with Crippen molar-refractivity contribution in [3.05, 3.63) is 68.2 Å². The predicted molar refractivity (Wildman–Crippen MR) is 115 cm³/mol. The molecule has 3 rings (SSSR count). The highest BCUT2D eigenvalue weighted by molar-refractivity contribution is 6.53. The van der Waals surface area contributed by atoms with Gasteiger partial charge in [0, 0.05) is 23.9 Å². The molecule has 0 radical (unpaired) electrons. The summed E-state index contributed by atoms with van der Waals surface area (Å²) in [5.41, 5.74) is 1.41. The Kier molecular flexibility index (Phi) is 7.09. The molecule has 166 valence electrons. The van der Waals surface area contributed by atoms with E-state index < -0.39 is 34.8 Å². The quantitative estimate of drug-likeness (QED) is 0.430. The number of ketones is 1. The normalized spacial score (nSPS) is 19.7. The number of carbonyl (C=O) groups is 2. The first kappa shape index (κ1) is 24.5. The number of nitrogens with one attached hydrogen (secondary N) is 1. The summed E-state index contributed by atoms with van der Waals surface area (Å²) in [6.07, 6.45) is -5.07. The highest BCUT2D eigenvalue weighted by atomic mass is 35.5. The molecule has 0 bridgehead atoms. The first-order valence-electron chi connectivity index (χ1n) is 8.80. The van der Waals surface area contributed by atoms with Crippen LogP contribution in [0, 0.1) is 5.92 Å². The SMILES string of the molecule is O=C(Cc1ccc(Cl)c(CNC(=O)C(F)(F)F)c1)C1C(c2ccc(Cl)c(Cl)c2)C1(Cl)Cl. The van der Waals surface area contributed by atoms with Crippen LogP contribution in [0.15, 0.2) is 36.4 Å². The second kappa shape index (κ2) is 8.99. The van der Waals surface area contributed by atoms with E-state index in [4.69, 9.17) is 58.0 Å². The Balaban J connectivity index is 1.71. The van der Waals surface area contributed by atoms with Crippen molar-refractivity contribution in [2.45, 2.75) is 29.4 Å². The number of Topliss-reactive ketones (excluding diaryl/α,β-unsaturated/α-hetero) is 1. The van der Waals surface area contributed by atoms with Crippen molar-refractivity contribution < 1.29 is 22.8 Å². The maximum absolute atomic E-state index is 12.8. The molecule has 0 aromatic heterocycles. The summed E-state index contributed by atoms with van der Waals surface area (Å²) >= 11 is 30.6. The van der Waals surface area contributed by atoms with Gasteiger partial charge < -0.3 is 5.32 Å². The molecule has 1 saturated carbocycles. The Labute approximate surface area is 200 Å². The zero-order chi connectivity index (χ0) is 23.1. The fourth-order valence-corrected chi connectivity index (χ4v) is 4.67. The predicted octanol–water partition coefficient (Wildman–Crippen LogP) is 6.52. The third-order valence-corrected chi connectivity index (χ3v) is 6.94. The lowest BCUT2D eigenvalue weighted by Crippen LogP contribution is -2.36. The lowest BCUT2D eigenvalue weighted by molar-refractivity contribution is -0.173. The number of rotatable bonds is 6. The van der Waals surface area contributed by atoms with E-state index in [0.29, 0.717) is 21.2 Å². The molecule has 0 saturated heterocycles. The summed E-state index contributed by atoms with van der Waals surface area (Å²) in [7, 11) is 0. The highest BCUT2D eigenvalue weighted by Gasteiger charge is 2.66. The van der Waals surface area contributed by atoms with Gasteiger partial charge in [0.05, 0.1) is 16.0 Å². The molecule has 0 aliphatic heterocycles. The fourth-order valence-electron chi connectivity index (χ4n) is 3.31. The zero-order valence-corrected chi connectivity index (χ0v) is 19.2. The second-order valence-electron chi connectivity index (χ2n) is 7.05. The summed E-state index contributed by atoms with van der Waals surface area (Å²) in [6.45, 7) is -0.441. The number of halogens is 8. The smallest absolute Gasteiger partial charge is 0.344 e. The van der Waals surface area contributed by atoms with Gasteiger partial charge >= 0.3 is 12.1 Å². The number of amides is 1. The van der Waals surface area contributed by atoms with Crippen LogP contribution in [0.25, 0.3) is 0 Å². The molecule has 11 heteroatoms. The van der Waals surface area contributed by atoms with E-state index in [1.807, 2.05) is 0 Å². The number of carbonyl (C=O) groups excluding carboxylic acids is 2. The van der Waals surface area contributed by atoms with Crippen LogP contribution in [0.5, 0.6) is 0 Å². The maximum Gasteiger partial charge on any atom is 0.471 e. The lowest BCUT2D eigenvalue weighted by atomic mass is 10.0. The summed E-state index contributed by atoms with van der Waals surface area (Å²) < 4.78 is 35.8. The van der Waals surface area contributed by atoms with Gasteiger partial charge in [-0.25, -0.2) is 0 Å². The second-order valence-corrected chi connectivity index (χ2v) is 9.72. The van der Waals surface area contributed by atoms with E-state index in [-0.39, 0.29) is 22.8 Å². The largest absolute Gasteiger partial charge is 0.471 e. The Morgan fingerprint density at radius 1 is 0.968 bits per heavy atom. The maximum atomic E-state index is 12.8. The third kappa shape index (κ3) is 5.42. The average Bonchev–Trinajstić information content (AvgIpc) is 3.25. The van der Waals surface area contributed by atoms with Crippen molar-refractivity contribution >= 4 is 69.7 Å². The van der Waals surface area contributed by atoms with Gasteiger partial charge in [-0.15, -0.1) is 23.2 Å². The molecule has 1 fully saturated rings. The third-order valence-electron chi connectivity index (χ3n) is 4.89. The minimum Gasteiger partial charge on any atom is -0.344 e. The number of alkyl halides is 5. The van der Waals surface area contributed by atoms with Crippen LogP contribution >= 0.6 is 58.0 Å². The van der Waals surface area contributed by atoms with Crippen molar-refractivity contribution in [3.63, 3.8) is 0 Å². The van der Waals surface area contributed by atoms with Crippen LogP contribution in [0.4, 0.5) is 13.2 Å². The van der Waals surface area contributed by atoms with E-state index in [1.165, 1.54) is 12.1 Å². The van der Waals surface area contributed by atoms with E-state index >= 15 is 0 Å². The van der Waals surface area contributed by atoms with E-state index in [0.717, 1.165) is 0 Å². The molecular formula is C20H13Cl5F3NO2. The van der Waals surface area contributed by atoms with Gasteiger partial charge in [-0.1, -0.05) is 53.0 Å². The molecule has 3 nitrogen and oxygen atoms in total. The van der Waals surface area contributed by atoms with Crippen molar-refractivity contribution in [1.29, 1.82) is 0 Å². The van der Waals surface area contributed by atoms with Crippen LogP contribution in [0.2, 0.25) is 15.1 Å². The summed E-state index contributed by atoms with van der Waals surface area (Å²) in [5.74, 6) is -3.51. The Hall–Kier alpha value is -1.18. The van der Waals surface area contributed by atoms with Crippen molar-refractivity contribution in [2.24, 2.45) is 5.92 Å². The van der Waals surface area contributed by atoms with E-state index in [9.17, 15) is 22.8 Å². The molecule has 31 heavy (non-hydrogen) atoms. The minimum atomic E-state index is -5.00. The Morgan fingerprint density at radius 3 is 2.23 bits per heavy atom. The first-order chi connectivity index (χ1) is 14.3. The van der Waals surface area contributed by atoms with Crippen LogP contribution < -0.4 is 5.32 Å². The fraction of sp³-hybridized carbons (Fsp3) is 0.300. The van der Waals surface area contributed by atoms with Gasteiger partial charge in [0.2, 0.25) is 0 Å². The average molecular weight is 534 g/mol. The summed E-state index contributed by atoms with van der Waals surface area (Å²) in [4.78, 5) is 23.9. The monoisotopic (exact) mass is 531 g/mol. The minimum absolute atomic E-state index is 0.0684.